The molecule has 2 N–H and O–H groups in total. The largest absolute Gasteiger partial charge is 0.497 e. The number of rotatable bonds is 13. The van der Waals surface area contributed by atoms with E-state index in [4.69, 9.17) is 37.4 Å². The Bertz CT molecular complexity index is 1890. The minimum atomic E-state index is -4.22. The summed E-state index contributed by atoms with van der Waals surface area (Å²) in [4.78, 5) is 24.3. The first kappa shape index (κ1) is 35.6. The first-order chi connectivity index (χ1) is 22.4. The molecule has 0 radical (unpaired) electrons. The topological polar surface area (TPSA) is 136 Å². The summed E-state index contributed by atoms with van der Waals surface area (Å²) in [5.41, 5.74) is 4.38. The third-order valence-corrected chi connectivity index (χ3v) is 9.55. The van der Waals surface area contributed by atoms with Crippen LogP contribution >= 0.6 is 39.1 Å². The van der Waals surface area contributed by atoms with Crippen LogP contribution in [0.2, 0.25) is 10.0 Å². The average molecular weight is 764 g/mol. The number of amides is 2. The van der Waals surface area contributed by atoms with Crippen LogP contribution in [0.25, 0.3) is 0 Å². The summed E-state index contributed by atoms with van der Waals surface area (Å²) >= 11 is 15.6. The van der Waals surface area contributed by atoms with E-state index in [0.29, 0.717) is 43.0 Å². The Morgan fingerprint density at radius 3 is 2.26 bits per heavy atom. The van der Waals surface area contributed by atoms with E-state index < -0.39 is 22.5 Å². The second kappa shape index (κ2) is 16.0. The molecule has 4 rings (SSSR count). The Kier molecular flexibility index (Phi) is 12.1. The van der Waals surface area contributed by atoms with Crippen LogP contribution in [0.4, 0.5) is 11.4 Å². The van der Waals surface area contributed by atoms with Gasteiger partial charge >= 0.3 is 0 Å². The van der Waals surface area contributed by atoms with Crippen molar-refractivity contribution in [1.29, 1.82) is 0 Å². The summed E-state index contributed by atoms with van der Waals surface area (Å²) in [6.45, 7) is 0.952. The van der Waals surface area contributed by atoms with Crippen LogP contribution in [0, 0.1) is 0 Å². The molecular formula is C32H29BrCl2N4O7S. The summed E-state index contributed by atoms with van der Waals surface area (Å²) in [7, 11) is -1.26. The van der Waals surface area contributed by atoms with Crippen LogP contribution in [0.3, 0.4) is 0 Å². The van der Waals surface area contributed by atoms with Gasteiger partial charge in [0, 0.05) is 12.6 Å². The molecule has 0 aromatic heterocycles. The second-order valence-corrected chi connectivity index (χ2v) is 13.3. The summed E-state index contributed by atoms with van der Waals surface area (Å²) in [6, 6.07) is 20.4. The van der Waals surface area contributed by atoms with Gasteiger partial charge in [-0.1, -0.05) is 29.3 Å². The third-order valence-electron chi connectivity index (χ3n) is 6.43. The number of halogens is 3. The van der Waals surface area contributed by atoms with Crippen LogP contribution in [0.15, 0.2) is 93.3 Å². The monoisotopic (exact) mass is 762 g/mol. The minimum absolute atomic E-state index is 0.0860. The molecule has 0 atom stereocenters. The lowest BCUT2D eigenvalue weighted by Gasteiger charge is -2.24. The van der Waals surface area contributed by atoms with Crippen molar-refractivity contribution in [2.24, 2.45) is 5.10 Å². The molecule has 4 aromatic rings. The second-order valence-electron chi connectivity index (χ2n) is 9.78. The molecule has 4 aromatic carbocycles. The Morgan fingerprint density at radius 2 is 1.64 bits per heavy atom. The lowest BCUT2D eigenvalue weighted by Crippen LogP contribution is -2.39. The van der Waals surface area contributed by atoms with Gasteiger partial charge in [-0.25, -0.2) is 13.8 Å². The van der Waals surface area contributed by atoms with Gasteiger partial charge < -0.3 is 19.5 Å². The maximum atomic E-state index is 13.7. The molecule has 0 aliphatic rings. The van der Waals surface area contributed by atoms with Gasteiger partial charge in [0.25, 0.3) is 15.9 Å². The van der Waals surface area contributed by atoms with Crippen molar-refractivity contribution in [1.82, 2.24) is 5.43 Å². The number of benzene rings is 4. The van der Waals surface area contributed by atoms with Crippen LogP contribution in [-0.4, -0.2) is 47.2 Å². The van der Waals surface area contributed by atoms with E-state index in [-0.39, 0.29) is 23.1 Å². The van der Waals surface area contributed by atoms with E-state index in [0.717, 1.165) is 9.87 Å². The molecule has 0 aliphatic carbocycles. The van der Waals surface area contributed by atoms with Crippen molar-refractivity contribution < 1.29 is 32.2 Å². The quantitative estimate of drug-likeness (QED) is 0.115. The van der Waals surface area contributed by atoms with Gasteiger partial charge in [-0.05, 0) is 99.9 Å². The van der Waals surface area contributed by atoms with Crippen molar-refractivity contribution in [3.8, 4) is 17.2 Å². The van der Waals surface area contributed by atoms with Crippen LogP contribution in [-0.2, 0) is 26.2 Å². The number of nitrogens with one attached hydrogen (secondary N) is 2. The summed E-state index contributed by atoms with van der Waals surface area (Å²) in [5.74, 6) is 0.335. The highest BCUT2D eigenvalue weighted by molar-refractivity contribution is 9.10. The van der Waals surface area contributed by atoms with Crippen molar-refractivity contribution in [2.75, 3.05) is 30.4 Å². The molecule has 0 heterocycles. The first-order valence-corrected chi connectivity index (χ1v) is 16.7. The van der Waals surface area contributed by atoms with Gasteiger partial charge in [0.05, 0.1) is 45.5 Å². The number of methoxy groups -OCH3 is 2. The highest BCUT2D eigenvalue weighted by atomic mass is 79.9. The minimum Gasteiger partial charge on any atom is -0.497 e. The molecule has 0 aliphatic heterocycles. The average Bonchev–Trinajstić information content (AvgIpc) is 3.04. The van der Waals surface area contributed by atoms with Crippen molar-refractivity contribution >= 4 is 78.6 Å². The van der Waals surface area contributed by atoms with E-state index in [2.05, 4.69) is 31.8 Å². The fraction of sp³-hybridized carbons (Fsp3) is 0.156. The molecule has 47 heavy (non-hydrogen) atoms. The van der Waals surface area contributed by atoms with E-state index in [1.54, 1.807) is 42.5 Å². The fourth-order valence-corrected chi connectivity index (χ4v) is 6.50. The molecule has 0 fully saturated rings. The van der Waals surface area contributed by atoms with Gasteiger partial charge in [-0.3, -0.25) is 13.9 Å². The van der Waals surface area contributed by atoms with Crippen molar-refractivity contribution in [3.05, 3.63) is 105 Å². The molecule has 11 nitrogen and oxygen atoms in total. The zero-order valence-corrected chi connectivity index (χ0v) is 29.2. The SMILES string of the molecule is COc1ccc(N(CC(=O)N/N=C\c2cc(Br)c(OCc3ccc(Cl)c(Cl)c3)c(OC)c2)S(=O)(=O)c2ccc(NC(C)=O)cc2)cc1. The van der Waals surface area contributed by atoms with Gasteiger partial charge in [-0.15, -0.1) is 0 Å². The number of hydrogen-bond acceptors (Lipinski definition) is 8. The number of sulfonamides is 1. The van der Waals surface area contributed by atoms with Gasteiger partial charge in [-0.2, -0.15) is 5.10 Å². The lowest BCUT2D eigenvalue weighted by molar-refractivity contribution is -0.119. The smallest absolute Gasteiger partial charge is 0.264 e. The van der Waals surface area contributed by atoms with Gasteiger partial charge in [0.15, 0.2) is 11.5 Å². The lowest BCUT2D eigenvalue weighted by atomic mass is 10.2. The summed E-state index contributed by atoms with van der Waals surface area (Å²) < 4.78 is 45.6. The number of carbonyl (C=O) groups is 2. The van der Waals surface area contributed by atoms with E-state index >= 15 is 0 Å². The molecule has 0 bridgehead atoms. The third kappa shape index (κ3) is 9.38. The highest BCUT2D eigenvalue weighted by Crippen LogP contribution is 2.37. The molecule has 0 saturated heterocycles. The highest BCUT2D eigenvalue weighted by Gasteiger charge is 2.27. The Labute approximate surface area is 290 Å². The van der Waals surface area contributed by atoms with E-state index in [1.807, 2.05) is 0 Å². The van der Waals surface area contributed by atoms with Crippen LogP contribution in [0.5, 0.6) is 17.2 Å². The predicted octanol–water partition coefficient (Wildman–Crippen LogP) is 6.66. The van der Waals surface area contributed by atoms with Gasteiger partial charge in [0.1, 0.15) is 18.9 Å². The maximum absolute atomic E-state index is 13.7. The van der Waals surface area contributed by atoms with Crippen molar-refractivity contribution in [2.45, 2.75) is 18.4 Å². The normalized spacial score (nSPS) is 11.2. The van der Waals surface area contributed by atoms with E-state index in [9.17, 15) is 18.0 Å². The Balaban J connectivity index is 1.50. The predicted molar refractivity (Wildman–Crippen MR) is 185 cm³/mol. The standard InChI is InChI=1S/C32H29BrCl2N4O7S/c1-20(40)37-23-5-11-26(12-6-23)47(42,43)39(24-7-9-25(44-2)10-8-24)18-31(41)38-36-17-22-14-27(33)32(30(16-22)45-3)46-19-21-4-13-28(34)29(35)15-21/h4-17H,18-19H2,1-3H3,(H,37,40)(H,38,41)/b36-17-. The molecule has 0 unspecified atom stereocenters. The number of nitrogens with zero attached hydrogens (tertiary/aromatic N) is 2. The van der Waals surface area contributed by atoms with E-state index in [1.165, 1.54) is 63.8 Å². The van der Waals surface area contributed by atoms with Gasteiger partial charge in [0.2, 0.25) is 5.91 Å². The number of ether oxygens (including phenoxy) is 3. The Morgan fingerprint density at radius 1 is 0.936 bits per heavy atom. The first-order valence-electron chi connectivity index (χ1n) is 13.7. The van der Waals surface area contributed by atoms with Crippen LogP contribution in [0.1, 0.15) is 18.1 Å². The number of carbonyl (C=O) groups excluding carboxylic acids is 2. The fourth-order valence-electron chi connectivity index (χ4n) is 4.19. The van der Waals surface area contributed by atoms with Crippen molar-refractivity contribution in [3.63, 3.8) is 0 Å². The van der Waals surface area contributed by atoms with Crippen LogP contribution < -0.4 is 29.3 Å². The molecule has 15 heteroatoms. The summed E-state index contributed by atoms with van der Waals surface area (Å²) in [6.07, 6.45) is 1.38. The molecule has 246 valence electrons. The number of anilines is 2. The number of hydrogen-bond donors (Lipinski definition) is 2. The molecular weight excluding hydrogens is 735 g/mol. The molecule has 0 saturated carbocycles. The zero-order chi connectivity index (χ0) is 34.1. The molecule has 2 amide bonds. The number of hydrazone groups is 1. The zero-order valence-electron chi connectivity index (χ0n) is 25.3. The molecule has 0 spiro atoms. The summed E-state index contributed by atoms with van der Waals surface area (Å²) in [5, 5.41) is 7.46. The maximum Gasteiger partial charge on any atom is 0.264 e. The Hall–Kier alpha value is -4.30.